The second kappa shape index (κ2) is 8.19. The summed E-state index contributed by atoms with van der Waals surface area (Å²) in [6, 6.07) is 5.23. The average molecular weight is 411 g/mol. The number of nitrogens with zero attached hydrogens (tertiary/aromatic N) is 5. The minimum Gasteiger partial charge on any atom is -0.339 e. The van der Waals surface area contributed by atoms with Crippen LogP contribution in [0.4, 0.5) is 18.9 Å². The molecule has 0 atom stereocenters. The molecule has 1 amide bonds. The van der Waals surface area contributed by atoms with Gasteiger partial charge in [-0.15, -0.1) is 0 Å². The smallest absolute Gasteiger partial charge is 0.339 e. The highest BCUT2D eigenvalue weighted by molar-refractivity contribution is 5.76. The number of carbonyl (C=O) groups excluding carboxylic acids is 1. The van der Waals surface area contributed by atoms with Gasteiger partial charge in [-0.25, -0.2) is 0 Å². The fourth-order valence-corrected chi connectivity index (χ4v) is 3.27. The van der Waals surface area contributed by atoms with Crippen molar-refractivity contribution in [1.29, 1.82) is 0 Å². The van der Waals surface area contributed by atoms with E-state index >= 15 is 0 Å². The fraction of sp³-hybridized carbons (Fsp3) is 0.444. The Labute approximate surface area is 164 Å². The lowest BCUT2D eigenvalue weighted by Gasteiger charge is -2.34. The number of halogens is 3. The van der Waals surface area contributed by atoms with Crippen LogP contribution in [0, 0.1) is 17.0 Å². The van der Waals surface area contributed by atoms with Gasteiger partial charge in [0.05, 0.1) is 10.5 Å². The molecule has 0 spiro atoms. The van der Waals surface area contributed by atoms with E-state index < -0.39 is 16.7 Å². The van der Waals surface area contributed by atoms with Crippen molar-refractivity contribution in [2.24, 2.45) is 0 Å². The van der Waals surface area contributed by atoms with Crippen LogP contribution in [0.3, 0.4) is 0 Å². The number of amides is 1. The molecule has 0 radical (unpaired) electrons. The number of alkyl halides is 3. The van der Waals surface area contributed by atoms with Gasteiger partial charge in [-0.3, -0.25) is 24.5 Å². The minimum absolute atomic E-state index is 0.0949. The summed E-state index contributed by atoms with van der Waals surface area (Å²) in [5, 5.41) is 14.9. The van der Waals surface area contributed by atoms with Gasteiger partial charge in [0.15, 0.2) is 0 Å². The van der Waals surface area contributed by atoms with Crippen molar-refractivity contribution < 1.29 is 22.9 Å². The van der Waals surface area contributed by atoms with E-state index in [9.17, 15) is 28.1 Å². The van der Waals surface area contributed by atoms with E-state index in [1.807, 2.05) is 4.90 Å². The number of benzene rings is 1. The maximum atomic E-state index is 12.8. The maximum Gasteiger partial charge on any atom is 0.416 e. The Morgan fingerprint density at radius 1 is 1.24 bits per heavy atom. The zero-order valence-corrected chi connectivity index (χ0v) is 15.7. The largest absolute Gasteiger partial charge is 0.416 e. The van der Waals surface area contributed by atoms with Crippen LogP contribution in [0.5, 0.6) is 0 Å². The summed E-state index contributed by atoms with van der Waals surface area (Å²) < 4.78 is 39.8. The summed E-state index contributed by atoms with van der Waals surface area (Å²) in [7, 11) is 0. The van der Waals surface area contributed by atoms with Gasteiger partial charge in [0, 0.05) is 32.7 Å². The SMILES string of the molecule is Cc1nn(CC(=O)N2CCN(Cc3cccc(C(F)(F)F)c3)CC2)cc1[N+](=O)[O-]. The predicted molar refractivity (Wildman–Crippen MR) is 96.9 cm³/mol. The first-order valence-electron chi connectivity index (χ1n) is 8.98. The van der Waals surface area contributed by atoms with E-state index in [0.29, 0.717) is 38.3 Å². The van der Waals surface area contributed by atoms with Crippen molar-refractivity contribution >= 4 is 11.6 Å². The molecule has 1 aromatic heterocycles. The zero-order chi connectivity index (χ0) is 21.2. The molecule has 1 saturated heterocycles. The molecular weight excluding hydrogens is 391 g/mol. The predicted octanol–water partition coefficient (Wildman–Crippen LogP) is 2.46. The maximum absolute atomic E-state index is 12.8. The number of aryl methyl sites for hydroxylation is 1. The van der Waals surface area contributed by atoms with E-state index in [4.69, 9.17) is 0 Å². The normalized spacial score (nSPS) is 15.5. The summed E-state index contributed by atoms with van der Waals surface area (Å²) in [6.07, 6.45) is -3.14. The lowest BCUT2D eigenvalue weighted by atomic mass is 10.1. The number of nitro groups is 1. The molecule has 0 saturated carbocycles. The van der Waals surface area contributed by atoms with Crippen molar-refractivity contribution in [3.8, 4) is 0 Å². The quantitative estimate of drug-likeness (QED) is 0.558. The molecule has 0 aliphatic carbocycles. The Balaban J connectivity index is 1.53. The van der Waals surface area contributed by atoms with Crippen LogP contribution in [-0.2, 0) is 24.1 Å². The highest BCUT2D eigenvalue weighted by Gasteiger charge is 2.30. The molecule has 3 rings (SSSR count). The molecule has 1 aliphatic rings. The molecular formula is C18H20F3N5O3. The van der Waals surface area contributed by atoms with Gasteiger partial charge < -0.3 is 4.90 Å². The number of hydrogen-bond donors (Lipinski definition) is 0. The van der Waals surface area contributed by atoms with E-state index in [2.05, 4.69) is 5.10 Å². The Morgan fingerprint density at radius 2 is 1.93 bits per heavy atom. The Bertz CT molecular complexity index is 904. The number of aromatic nitrogens is 2. The van der Waals surface area contributed by atoms with Crippen LogP contribution < -0.4 is 0 Å². The topological polar surface area (TPSA) is 84.5 Å². The molecule has 8 nitrogen and oxygen atoms in total. The van der Waals surface area contributed by atoms with E-state index in [-0.39, 0.29) is 23.8 Å². The van der Waals surface area contributed by atoms with Gasteiger partial charge in [0.1, 0.15) is 18.4 Å². The van der Waals surface area contributed by atoms with Crippen LogP contribution in [0.15, 0.2) is 30.5 Å². The Kier molecular flexibility index (Phi) is 5.87. The number of carbonyl (C=O) groups is 1. The monoisotopic (exact) mass is 411 g/mol. The molecule has 29 heavy (non-hydrogen) atoms. The molecule has 0 bridgehead atoms. The highest BCUT2D eigenvalue weighted by Crippen LogP contribution is 2.29. The first kappa shape index (κ1) is 20.8. The summed E-state index contributed by atoms with van der Waals surface area (Å²) in [5.74, 6) is -0.207. The van der Waals surface area contributed by atoms with Crippen molar-refractivity contribution in [3.63, 3.8) is 0 Å². The molecule has 11 heteroatoms. The van der Waals surface area contributed by atoms with Crippen LogP contribution in [-0.4, -0.2) is 56.6 Å². The van der Waals surface area contributed by atoms with Gasteiger partial charge in [-0.2, -0.15) is 18.3 Å². The summed E-state index contributed by atoms with van der Waals surface area (Å²) in [5.41, 5.74) is 0.00348. The van der Waals surface area contributed by atoms with Crippen molar-refractivity contribution in [1.82, 2.24) is 19.6 Å². The standard InChI is InChI=1S/C18H20F3N5O3/c1-13-16(26(28)29)11-25(22-13)12-17(27)24-7-5-23(6-8-24)10-14-3-2-4-15(9-14)18(19,20)21/h2-4,9,11H,5-8,10,12H2,1H3. The Morgan fingerprint density at radius 3 is 2.52 bits per heavy atom. The van der Waals surface area contributed by atoms with Gasteiger partial charge in [-0.05, 0) is 18.6 Å². The van der Waals surface area contributed by atoms with Crippen LogP contribution >= 0.6 is 0 Å². The van der Waals surface area contributed by atoms with E-state index in [0.717, 1.165) is 12.1 Å². The van der Waals surface area contributed by atoms with Gasteiger partial charge in [0.2, 0.25) is 5.91 Å². The fourth-order valence-electron chi connectivity index (χ4n) is 3.27. The van der Waals surface area contributed by atoms with Gasteiger partial charge in [-0.1, -0.05) is 18.2 Å². The Hall–Kier alpha value is -2.95. The molecule has 2 aromatic rings. The number of hydrogen-bond acceptors (Lipinski definition) is 5. The third-order valence-electron chi connectivity index (χ3n) is 4.80. The third kappa shape index (κ3) is 5.11. The first-order valence-corrected chi connectivity index (χ1v) is 8.98. The number of rotatable bonds is 5. The number of piperazine rings is 1. The van der Waals surface area contributed by atoms with Crippen LogP contribution in [0.25, 0.3) is 0 Å². The molecule has 0 N–H and O–H groups in total. The summed E-state index contributed by atoms with van der Waals surface area (Å²) in [4.78, 5) is 26.4. The van der Waals surface area contributed by atoms with Crippen LogP contribution in [0.1, 0.15) is 16.8 Å². The second-order valence-electron chi connectivity index (χ2n) is 6.91. The molecule has 1 aliphatic heterocycles. The van der Waals surface area contributed by atoms with Gasteiger partial charge >= 0.3 is 11.9 Å². The molecule has 2 heterocycles. The summed E-state index contributed by atoms with van der Waals surface area (Å²) in [6.45, 7) is 3.70. The third-order valence-corrected chi connectivity index (χ3v) is 4.80. The van der Waals surface area contributed by atoms with Crippen molar-refractivity contribution in [2.75, 3.05) is 26.2 Å². The zero-order valence-electron chi connectivity index (χ0n) is 15.7. The molecule has 156 valence electrons. The first-order chi connectivity index (χ1) is 13.6. The van der Waals surface area contributed by atoms with Gasteiger partial charge in [0.25, 0.3) is 0 Å². The molecule has 1 fully saturated rings. The van der Waals surface area contributed by atoms with Crippen molar-refractivity contribution in [3.05, 3.63) is 57.4 Å². The van der Waals surface area contributed by atoms with E-state index in [1.165, 1.54) is 23.9 Å². The lowest BCUT2D eigenvalue weighted by molar-refractivity contribution is -0.385. The van der Waals surface area contributed by atoms with Crippen LogP contribution in [0.2, 0.25) is 0 Å². The summed E-state index contributed by atoms with van der Waals surface area (Å²) >= 11 is 0. The van der Waals surface area contributed by atoms with E-state index in [1.54, 1.807) is 11.0 Å². The lowest BCUT2D eigenvalue weighted by Crippen LogP contribution is -2.49. The molecule has 1 aromatic carbocycles. The average Bonchev–Trinajstić information content (AvgIpc) is 3.02. The minimum atomic E-state index is -4.37. The highest BCUT2D eigenvalue weighted by atomic mass is 19.4. The second-order valence-corrected chi connectivity index (χ2v) is 6.91. The van der Waals surface area contributed by atoms with Crippen molar-refractivity contribution in [2.45, 2.75) is 26.2 Å². The molecule has 0 unspecified atom stereocenters.